The minimum absolute atomic E-state index is 0.00553. The summed E-state index contributed by atoms with van der Waals surface area (Å²) >= 11 is 0. The van der Waals surface area contributed by atoms with Crippen molar-refractivity contribution in [3.05, 3.63) is 0 Å². The van der Waals surface area contributed by atoms with Crippen molar-refractivity contribution < 1.29 is 19.5 Å². The standard InChI is InChI=1S/C12H23N3O4/c1-8(2)6-7-15(3)12(19)14-9(11(17)18)4-5-10(13)16/h8-9H,4-7H2,1-3H3,(H2,13,16)(H,14,19)(H,17,18)/t9-/m0/s1. The Balaban J connectivity index is 4.29. The molecule has 0 fully saturated rings. The summed E-state index contributed by atoms with van der Waals surface area (Å²) in [5, 5.41) is 11.3. The van der Waals surface area contributed by atoms with E-state index in [1.54, 1.807) is 7.05 Å². The number of nitrogens with zero attached hydrogens (tertiary/aromatic N) is 1. The Morgan fingerprint density at radius 3 is 2.26 bits per heavy atom. The van der Waals surface area contributed by atoms with Crippen LogP contribution in [0.4, 0.5) is 4.79 Å². The van der Waals surface area contributed by atoms with Crippen LogP contribution in [0.2, 0.25) is 0 Å². The number of aliphatic carboxylic acids is 1. The number of carbonyl (C=O) groups is 3. The fraction of sp³-hybridized carbons (Fsp3) is 0.750. The van der Waals surface area contributed by atoms with Gasteiger partial charge in [-0.25, -0.2) is 9.59 Å². The number of carbonyl (C=O) groups excluding carboxylic acids is 2. The Kier molecular flexibility index (Phi) is 7.55. The van der Waals surface area contributed by atoms with Gasteiger partial charge in [-0.05, 0) is 18.8 Å². The highest BCUT2D eigenvalue weighted by Gasteiger charge is 2.22. The van der Waals surface area contributed by atoms with Crippen LogP contribution in [0.15, 0.2) is 0 Å². The first kappa shape index (κ1) is 17.2. The van der Waals surface area contributed by atoms with Gasteiger partial charge in [-0.15, -0.1) is 0 Å². The van der Waals surface area contributed by atoms with Gasteiger partial charge in [0.15, 0.2) is 0 Å². The molecule has 0 aliphatic rings. The minimum Gasteiger partial charge on any atom is -0.480 e. The van der Waals surface area contributed by atoms with E-state index in [0.717, 1.165) is 6.42 Å². The molecule has 3 amide bonds. The molecule has 0 unspecified atom stereocenters. The third-order valence-electron chi connectivity index (χ3n) is 2.66. The molecular formula is C12H23N3O4. The lowest BCUT2D eigenvalue weighted by molar-refractivity contribution is -0.139. The van der Waals surface area contributed by atoms with Crippen LogP contribution in [0.1, 0.15) is 33.1 Å². The van der Waals surface area contributed by atoms with Crippen LogP contribution >= 0.6 is 0 Å². The summed E-state index contributed by atoms with van der Waals surface area (Å²) in [5.41, 5.74) is 4.96. The van der Waals surface area contributed by atoms with E-state index in [9.17, 15) is 14.4 Å². The van der Waals surface area contributed by atoms with Crippen molar-refractivity contribution in [2.75, 3.05) is 13.6 Å². The van der Waals surface area contributed by atoms with Crippen molar-refractivity contribution in [3.63, 3.8) is 0 Å². The van der Waals surface area contributed by atoms with E-state index in [2.05, 4.69) is 5.32 Å². The fourth-order valence-corrected chi connectivity index (χ4v) is 1.36. The number of hydrogen-bond acceptors (Lipinski definition) is 3. The quantitative estimate of drug-likeness (QED) is 0.593. The van der Waals surface area contributed by atoms with Gasteiger partial charge < -0.3 is 21.1 Å². The molecule has 4 N–H and O–H groups in total. The van der Waals surface area contributed by atoms with Crippen LogP contribution in [0.25, 0.3) is 0 Å². The number of hydrogen-bond donors (Lipinski definition) is 3. The third kappa shape index (κ3) is 8.01. The van der Waals surface area contributed by atoms with E-state index >= 15 is 0 Å². The molecule has 0 saturated carbocycles. The van der Waals surface area contributed by atoms with Crippen LogP contribution in [0.5, 0.6) is 0 Å². The fourth-order valence-electron chi connectivity index (χ4n) is 1.36. The Morgan fingerprint density at radius 1 is 1.26 bits per heavy atom. The molecule has 0 spiro atoms. The second-order valence-corrected chi connectivity index (χ2v) is 4.95. The number of carboxylic acid groups (broad SMARTS) is 1. The van der Waals surface area contributed by atoms with E-state index in [-0.39, 0.29) is 12.8 Å². The van der Waals surface area contributed by atoms with E-state index in [1.165, 1.54) is 4.90 Å². The smallest absolute Gasteiger partial charge is 0.326 e. The van der Waals surface area contributed by atoms with E-state index in [4.69, 9.17) is 10.8 Å². The first-order chi connectivity index (χ1) is 8.73. The maximum Gasteiger partial charge on any atom is 0.326 e. The van der Waals surface area contributed by atoms with Crippen LogP contribution in [0, 0.1) is 5.92 Å². The van der Waals surface area contributed by atoms with Crippen molar-refractivity contribution in [1.82, 2.24) is 10.2 Å². The SMILES string of the molecule is CC(C)CCN(C)C(=O)N[C@@H](CCC(N)=O)C(=O)O. The summed E-state index contributed by atoms with van der Waals surface area (Å²) in [5.74, 6) is -1.30. The molecule has 110 valence electrons. The van der Waals surface area contributed by atoms with Crippen molar-refractivity contribution in [2.45, 2.75) is 39.2 Å². The van der Waals surface area contributed by atoms with Crippen LogP contribution in [-0.4, -0.2) is 47.5 Å². The first-order valence-electron chi connectivity index (χ1n) is 6.26. The minimum atomic E-state index is -1.17. The molecule has 0 saturated heterocycles. The topological polar surface area (TPSA) is 113 Å². The lowest BCUT2D eigenvalue weighted by Crippen LogP contribution is -2.47. The normalized spacial score (nSPS) is 12.0. The Morgan fingerprint density at radius 2 is 1.84 bits per heavy atom. The maximum atomic E-state index is 11.8. The number of carboxylic acids is 1. The lowest BCUT2D eigenvalue weighted by Gasteiger charge is -2.21. The highest BCUT2D eigenvalue weighted by molar-refractivity contribution is 5.83. The number of primary amides is 1. The molecule has 19 heavy (non-hydrogen) atoms. The molecular weight excluding hydrogens is 250 g/mol. The third-order valence-corrected chi connectivity index (χ3v) is 2.66. The largest absolute Gasteiger partial charge is 0.480 e. The Labute approximate surface area is 113 Å². The molecule has 0 heterocycles. The van der Waals surface area contributed by atoms with Crippen LogP contribution in [-0.2, 0) is 9.59 Å². The zero-order valence-electron chi connectivity index (χ0n) is 11.7. The molecule has 0 aliphatic heterocycles. The van der Waals surface area contributed by atoms with Gasteiger partial charge in [0, 0.05) is 20.0 Å². The molecule has 0 radical (unpaired) electrons. The second kappa shape index (κ2) is 8.34. The van der Waals surface area contributed by atoms with Gasteiger partial charge in [-0.2, -0.15) is 0 Å². The molecule has 0 aromatic rings. The predicted molar refractivity (Wildman–Crippen MR) is 70.5 cm³/mol. The monoisotopic (exact) mass is 273 g/mol. The van der Waals surface area contributed by atoms with Crippen molar-refractivity contribution in [3.8, 4) is 0 Å². The average molecular weight is 273 g/mol. The molecule has 0 aromatic heterocycles. The Bertz CT molecular complexity index is 331. The first-order valence-corrected chi connectivity index (χ1v) is 6.26. The number of nitrogens with two attached hydrogens (primary N) is 1. The summed E-state index contributed by atoms with van der Waals surface area (Å²) < 4.78 is 0. The number of amides is 3. The second-order valence-electron chi connectivity index (χ2n) is 4.95. The molecule has 7 heteroatoms. The van der Waals surface area contributed by atoms with Crippen molar-refractivity contribution >= 4 is 17.9 Å². The zero-order valence-corrected chi connectivity index (χ0v) is 11.7. The molecule has 0 aliphatic carbocycles. The number of nitrogens with one attached hydrogen (secondary N) is 1. The molecule has 0 aromatic carbocycles. The van der Waals surface area contributed by atoms with Gasteiger partial charge >= 0.3 is 12.0 Å². The van der Waals surface area contributed by atoms with E-state index in [1.807, 2.05) is 13.8 Å². The highest BCUT2D eigenvalue weighted by atomic mass is 16.4. The van der Waals surface area contributed by atoms with Crippen LogP contribution in [0.3, 0.4) is 0 Å². The van der Waals surface area contributed by atoms with Gasteiger partial charge in [0.25, 0.3) is 0 Å². The molecule has 0 rings (SSSR count). The van der Waals surface area contributed by atoms with Crippen LogP contribution < -0.4 is 11.1 Å². The average Bonchev–Trinajstić information content (AvgIpc) is 2.30. The van der Waals surface area contributed by atoms with Gasteiger partial charge in [-0.1, -0.05) is 13.8 Å². The predicted octanol–water partition coefficient (Wildman–Crippen LogP) is 0.393. The van der Waals surface area contributed by atoms with Gasteiger partial charge in [0.1, 0.15) is 6.04 Å². The summed E-state index contributed by atoms with van der Waals surface area (Å²) in [7, 11) is 1.60. The summed E-state index contributed by atoms with van der Waals surface area (Å²) in [6, 6.07) is -1.56. The van der Waals surface area contributed by atoms with Gasteiger partial charge in [0.05, 0.1) is 0 Å². The number of urea groups is 1. The van der Waals surface area contributed by atoms with Crippen molar-refractivity contribution in [1.29, 1.82) is 0 Å². The molecule has 0 bridgehead atoms. The van der Waals surface area contributed by atoms with Gasteiger partial charge in [0.2, 0.25) is 5.91 Å². The van der Waals surface area contributed by atoms with Crippen molar-refractivity contribution in [2.24, 2.45) is 11.7 Å². The zero-order chi connectivity index (χ0) is 15.0. The highest BCUT2D eigenvalue weighted by Crippen LogP contribution is 2.02. The lowest BCUT2D eigenvalue weighted by atomic mass is 10.1. The summed E-state index contributed by atoms with van der Waals surface area (Å²) in [6.07, 6.45) is 0.754. The molecule has 7 nitrogen and oxygen atoms in total. The Hall–Kier alpha value is -1.79. The summed E-state index contributed by atoms with van der Waals surface area (Å²) in [4.78, 5) is 34.8. The molecule has 1 atom stereocenters. The maximum absolute atomic E-state index is 11.8. The van der Waals surface area contributed by atoms with E-state index < -0.39 is 23.9 Å². The summed E-state index contributed by atoms with van der Waals surface area (Å²) in [6.45, 7) is 4.63. The number of rotatable bonds is 8. The van der Waals surface area contributed by atoms with Gasteiger partial charge in [-0.3, -0.25) is 4.79 Å². The van der Waals surface area contributed by atoms with E-state index in [0.29, 0.717) is 12.5 Å².